The third-order valence-electron chi connectivity index (χ3n) is 5.45. The molecule has 0 atom stereocenters. The lowest BCUT2D eigenvalue weighted by molar-refractivity contribution is 0.718. The van der Waals surface area contributed by atoms with Gasteiger partial charge in [0.25, 0.3) is 0 Å². The van der Waals surface area contributed by atoms with Crippen molar-refractivity contribution in [3.63, 3.8) is 0 Å². The lowest BCUT2D eigenvalue weighted by atomic mass is 10.00. The first-order chi connectivity index (χ1) is 12.6. The Labute approximate surface area is 154 Å². The summed E-state index contributed by atoms with van der Waals surface area (Å²) in [6.07, 6.45) is 2.91. The first-order valence-corrected chi connectivity index (χ1v) is 8.97. The molecule has 0 aliphatic carbocycles. The summed E-state index contributed by atoms with van der Waals surface area (Å²) in [5.41, 5.74) is 6.75. The van der Waals surface area contributed by atoms with E-state index in [9.17, 15) is 5.26 Å². The second-order valence-corrected chi connectivity index (χ2v) is 6.89. The summed E-state index contributed by atoms with van der Waals surface area (Å²) in [5.74, 6) is 0.909. The number of aryl methyl sites for hydroxylation is 1. The van der Waals surface area contributed by atoms with E-state index in [2.05, 4.69) is 60.2 Å². The standard InChI is InChI=1S/C22H22N4/c1-4-10-26-16(3)15(2)20-12-19(13-23)24-22(21(20)26)25-11-9-17-7-5-6-8-18(17)14-25/h4-8,12H,1,9-11,14H2,2-3H3. The van der Waals surface area contributed by atoms with E-state index in [0.717, 1.165) is 42.8 Å². The van der Waals surface area contributed by atoms with Gasteiger partial charge in [0.1, 0.15) is 11.8 Å². The summed E-state index contributed by atoms with van der Waals surface area (Å²) in [5, 5.41) is 10.6. The number of nitriles is 1. The Morgan fingerprint density at radius 1 is 1.27 bits per heavy atom. The Morgan fingerprint density at radius 2 is 2.04 bits per heavy atom. The first-order valence-electron chi connectivity index (χ1n) is 8.97. The van der Waals surface area contributed by atoms with E-state index in [4.69, 9.17) is 4.98 Å². The summed E-state index contributed by atoms with van der Waals surface area (Å²) < 4.78 is 2.27. The first kappa shape index (κ1) is 16.4. The lowest BCUT2D eigenvalue weighted by Gasteiger charge is -2.30. The number of fused-ring (bicyclic) bond motifs is 2. The van der Waals surface area contributed by atoms with Crippen LogP contribution in [0.5, 0.6) is 0 Å². The van der Waals surface area contributed by atoms with Gasteiger partial charge < -0.3 is 9.47 Å². The highest BCUT2D eigenvalue weighted by Crippen LogP contribution is 2.34. The van der Waals surface area contributed by atoms with Crippen LogP contribution in [0.4, 0.5) is 5.82 Å². The minimum atomic E-state index is 0.477. The SMILES string of the molecule is C=CCn1c(C)c(C)c2cc(C#N)nc(N3CCc4ccccc4C3)c21. The number of hydrogen-bond acceptors (Lipinski definition) is 3. The zero-order chi connectivity index (χ0) is 18.3. The van der Waals surface area contributed by atoms with Gasteiger partial charge in [-0.25, -0.2) is 4.98 Å². The van der Waals surface area contributed by atoms with Crippen molar-refractivity contribution in [3.05, 3.63) is 71.1 Å². The highest BCUT2D eigenvalue weighted by atomic mass is 15.2. The average Bonchev–Trinajstić information content (AvgIpc) is 2.92. The fourth-order valence-electron chi connectivity index (χ4n) is 3.95. The van der Waals surface area contributed by atoms with E-state index in [0.29, 0.717) is 5.69 Å². The van der Waals surface area contributed by atoms with Crippen molar-refractivity contribution in [1.29, 1.82) is 5.26 Å². The molecule has 0 saturated heterocycles. The van der Waals surface area contributed by atoms with Crippen molar-refractivity contribution in [2.75, 3.05) is 11.4 Å². The van der Waals surface area contributed by atoms with E-state index in [1.807, 2.05) is 12.1 Å². The fraction of sp³-hybridized carbons (Fsp3) is 0.273. The van der Waals surface area contributed by atoms with Crippen LogP contribution in [0.15, 0.2) is 43.0 Å². The van der Waals surface area contributed by atoms with Gasteiger partial charge in [-0.15, -0.1) is 6.58 Å². The molecule has 0 amide bonds. The predicted octanol–water partition coefficient (Wildman–Crippen LogP) is 4.27. The Morgan fingerprint density at radius 3 is 2.77 bits per heavy atom. The molecule has 2 aromatic heterocycles. The van der Waals surface area contributed by atoms with Gasteiger partial charge in [0.05, 0.1) is 5.52 Å². The summed E-state index contributed by atoms with van der Waals surface area (Å²) in [7, 11) is 0. The van der Waals surface area contributed by atoms with E-state index >= 15 is 0 Å². The van der Waals surface area contributed by atoms with Crippen molar-refractivity contribution >= 4 is 16.7 Å². The number of hydrogen-bond donors (Lipinski definition) is 0. The molecule has 0 N–H and O–H groups in total. The number of aromatic nitrogens is 2. The molecule has 4 rings (SSSR count). The Kier molecular flexibility index (Phi) is 4.00. The molecule has 0 radical (unpaired) electrons. The number of rotatable bonds is 3. The second kappa shape index (κ2) is 6.34. The van der Waals surface area contributed by atoms with Crippen molar-refractivity contribution in [1.82, 2.24) is 9.55 Å². The molecule has 0 saturated carbocycles. The third kappa shape index (κ3) is 2.48. The molecule has 0 fully saturated rings. The molecule has 4 heteroatoms. The van der Waals surface area contributed by atoms with Crippen molar-refractivity contribution in [2.24, 2.45) is 0 Å². The molecule has 3 heterocycles. The van der Waals surface area contributed by atoms with Gasteiger partial charge in [0, 0.05) is 30.7 Å². The zero-order valence-electron chi connectivity index (χ0n) is 15.3. The van der Waals surface area contributed by atoms with Crippen LogP contribution in [0, 0.1) is 25.2 Å². The van der Waals surface area contributed by atoms with Gasteiger partial charge in [0.15, 0.2) is 5.82 Å². The molecule has 1 aliphatic heterocycles. The van der Waals surface area contributed by atoms with E-state index in [1.54, 1.807) is 0 Å². The summed E-state index contributed by atoms with van der Waals surface area (Å²) in [4.78, 5) is 7.03. The molecule has 1 aromatic carbocycles. The average molecular weight is 342 g/mol. The quantitative estimate of drug-likeness (QED) is 0.668. The highest BCUT2D eigenvalue weighted by molar-refractivity contribution is 5.94. The molecular weight excluding hydrogens is 320 g/mol. The van der Waals surface area contributed by atoms with Gasteiger partial charge in [-0.2, -0.15) is 5.26 Å². The van der Waals surface area contributed by atoms with Gasteiger partial charge in [-0.3, -0.25) is 0 Å². The van der Waals surface area contributed by atoms with Crippen LogP contribution in [0.3, 0.4) is 0 Å². The van der Waals surface area contributed by atoms with Crippen molar-refractivity contribution in [2.45, 2.75) is 33.4 Å². The topological polar surface area (TPSA) is 44.9 Å². The lowest BCUT2D eigenvalue weighted by Crippen LogP contribution is -2.31. The van der Waals surface area contributed by atoms with Crippen LogP contribution in [0.25, 0.3) is 10.9 Å². The van der Waals surface area contributed by atoms with Crippen molar-refractivity contribution < 1.29 is 0 Å². The van der Waals surface area contributed by atoms with Crippen LogP contribution >= 0.6 is 0 Å². The molecule has 26 heavy (non-hydrogen) atoms. The van der Waals surface area contributed by atoms with Gasteiger partial charge in [-0.1, -0.05) is 30.3 Å². The molecule has 4 nitrogen and oxygen atoms in total. The molecule has 130 valence electrons. The van der Waals surface area contributed by atoms with Crippen LogP contribution in [-0.2, 0) is 19.5 Å². The maximum atomic E-state index is 9.49. The Balaban J connectivity index is 1.93. The Bertz CT molecular complexity index is 1050. The van der Waals surface area contributed by atoms with E-state index < -0.39 is 0 Å². The molecule has 3 aromatic rings. The molecule has 0 unspecified atom stereocenters. The van der Waals surface area contributed by atoms with Crippen LogP contribution in [0.1, 0.15) is 28.1 Å². The maximum Gasteiger partial charge on any atom is 0.155 e. The largest absolute Gasteiger partial charge is 0.350 e. The summed E-state index contributed by atoms with van der Waals surface area (Å²) in [6.45, 7) is 10.6. The van der Waals surface area contributed by atoms with Gasteiger partial charge in [0.2, 0.25) is 0 Å². The van der Waals surface area contributed by atoms with Gasteiger partial charge >= 0.3 is 0 Å². The molecule has 0 spiro atoms. The number of anilines is 1. The van der Waals surface area contributed by atoms with Gasteiger partial charge in [-0.05, 0) is 43.0 Å². The number of nitrogens with zero attached hydrogens (tertiary/aromatic N) is 4. The van der Waals surface area contributed by atoms with Crippen LogP contribution < -0.4 is 4.90 Å². The van der Waals surface area contributed by atoms with Crippen molar-refractivity contribution in [3.8, 4) is 6.07 Å². The molecule has 0 bridgehead atoms. The van der Waals surface area contributed by atoms with E-state index in [1.165, 1.54) is 22.4 Å². The van der Waals surface area contributed by atoms with Crippen LogP contribution in [0.2, 0.25) is 0 Å². The number of allylic oxidation sites excluding steroid dienone is 1. The summed E-state index contributed by atoms with van der Waals surface area (Å²) in [6, 6.07) is 12.7. The number of benzene rings is 1. The summed E-state index contributed by atoms with van der Waals surface area (Å²) >= 11 is 0. The van der Waals surface area contributed by atoms with E-state index in [-0.39, 0.29) is 0 Å². The maximum absolute atomic E-state index is 9.49. The van der Waals surface area contributed by atoms with Crippen LogP contribution in [-0.4, -0.2) is 16.1 Å². The normalized spacial score (nSPS) is 13.5. The molecule has 1 aliphatic rings. The predicted molar refractivity (Wildman–Crippen MR) is 105 cm³/mol. The smallest absolute Gasteiger partial charge is 0.155 e. The molecular formula is C22H22N4. The number of pyridine rings is 1. The highest BCUT2D eigenvalue weighted by Gasteiger charge is 2.23. The minimum absolute atomic E-state index is 0.477. The second-order valence-electron chi connectivity index (χ2n) is 6.89. The monoisotopic (exact) mass is 342 g/mol. The minimum Gasteiger partial charge on any atom is -0.350 e. The third-order valence-corrected chi connectivity index (χ3v) is 5.45. The zero-order valence-corrected chi connectivity index (χ0v) is 15.3. The fourth-order valence-corrected chi connectivity index (χ4v) is 3.95. The Hall–Kier alpha value is -3.06.